The van der Waals surface area contributed by atoms with Gasteiger partial charge in [-0.25, -0.2) is 0 Å². The monoisotopic (exact) mass is 161 g/mol. The molecule has 40 valence electrons. The van der Waals surface area contributed by atoms with Gasteiger partial charge in [-0.1, -0.05) is 22.5 Å². The van der Waals surface area contributed by atoms with Crippen LogP contribution in [-0.4, -0.2) is 13.1 Å². The summed E-state index contributed by atoms with van der Waals surface area (Å²) in [5.41, 5.74) is 0. The van der Waals surface area contributed by atoms with Crippen molar-refractivity contribution in [3.63, 3.8) is 0 Å². The van der Waals surface area contributed by atoms with Gasteiger partial charge in [0, 0.05) is 19.0 Å². The minimum atomic E-state index is 0.694. The lowest BCUT2D eigenvalue weighted by molar-refractivity contribution is 0.415. The molecule has 0 radical (unpaired) electrons. The number of rotatable bonds is 1. The van der Waals surface area contributed by atoms with E-state index in [9.17, 15) is 0 Å². The highest BCUT2D eigenvalue weighted by molar-refractivity contribution is 9.11. The molecule has 1 rings (SSSR count). The molecule has 0 spiro atoms. The predicted octanol–water partition coefficient (Wildman–Crippen LogP) is 1.11. The predicted molar refractivity (Wildman–Crippen MR) is 34.4 cm³/mol. The molecule has 0 aromatic heterocycles. The maximum absolute atomic E-state index is 3.75. The van der Waals surface area contributed by atoms with Crippen LogP contribution in [0.1, 0.15) is 0 Å². The minimum absolute atomic E-state index is 0.694. The molecule has 1 aliphatic heterocycles. The molecule has 1 nitrogen and oxygen atoms in total. The van der Waals surface area contributed by atoms with Gasteiger partial charge in [0.1, 0.15) is 0 Å². The molecule has 0 atom stereocenters. The van der Waals surface area contributed by atoms with Gasteiger partial charge in [-0.2, -0.15) is 0 Å². The first-order valence-corrected chi connectivity index (χ1v) is 3.15. The molecule has 0 saturated carbocycles. The van der Waals surface area contributed by atoms with Crippen molar-refractivity contribution in [1.82, 2.24) is 5.32 Å². The molecule has 0 aliphatic carbocycles. The van der Waals surface area contributed by atoms with Crippen molar-refractivity contribution in [2.75, 3.05) is 13.1 Å². The zero-order valence-corrected chi connectivity index (χ0v) is 5.66. The third-order valence-electron chi connectivity index (χ3n) is 1.22. The molecule has 7 heavy (non-hydrogen) atoms. The van der Waals surface area contributed by atoms with Crippen molar-refractivity contribution in [3.8, 4) is 0 Å². The number of halogens is 1. The van der Waals surface area contributed by atoms with Gasteiger partial charge in [-0.05, 0) is 4.48 Å². The molecule has 1 N–H and O–H groups in total. The van der Waals surface area contributed by atoms with Gasteiger partial charge in [0.25, 0.3) is 0 Å². The van der Waals surface area contributed by atoms with Crippen molar-refractivity contribution >= 4 is 15.9 Å². The highest BCUT2D eigenvalue weighted by Gasteiger charge is 2.17. The number of hydrogen-bond acceptors (Lipinski definition) is 1. The average Bonchev–Trinajstić information content (AvgIpc) is 1.23. The van der Waals surface area contributed by atoms with Crippen LogP contribution >= 0.6 is 15.9 Å². The first-order chi connectivity index (χ1) is 3.30. The fourth-order valence-corrected chi connectivity index (χ4v) is 0.834. The Morgan fingerprint density at radius 1 is 1.71 bits per heavy atom. The van der Waals surface area contributed by atoms with Crippen LogP contribution < -0.4 is 5.32 Å². The van der Waals surface area contributed by atoms with Crippen molar-refractivity contribution in [3.05, 3.63) is 11.1 Å². The molecular formula is C5H8BrN. The van der Waals surface area contributed by atoms with E-state index in [0.717, 1.165) is 17.6 Å². The zero-order valence-electron chi connectivity index (χ0n) is 4.08. The minimum Gasteiger partial charge on any atom is -0.315 e. The maximum Gasteiger partial charge on any atom is 0.0149 e. The maximum atomic E-state index is 3.75. The third kappa shape index (κ3) is 1.04. The Labute approximate surface area is 51.9 Å². The van der Waals surface area contributed by atoms with Crippen LogP contribution in [0, 0.1) is 5.92 Å². The van der Waals surface area contributed by atoms with Gasteiger partial charge in [-0.3, -0.25) is 0 Å². The molecule has 1 fully saturated rings. The Morgan fingerprint density at radius 2 is 2.29 bits per heavy atom. The lowest BCUT2D eigenvalue weighted by Crippen LogP contribution is -2.41. The molecule has 0 amide bonds. The van der Waals surface area contributed by atoms with Crippen LogP contribution in [0.4, 0.5) is 0 Å². The summed E-state index contributed by atoms with van der Waals surface area (Å²) in [6.45, 7) is 5.96. The number of hydrogen-bond donors (Lipinski definition) is 1. The van der Waals surface area contributed by atoms with Crippen molar-refractivity contribution in [1.29, 1.82) is 0 Å². The smallest absolute Gasteiger partial charge is 0.0149 e. The average molecular weight is 162 g/mol. The standard InChI is InChI=1S/C5H8BrN/c1-4(6)5-2-7-3-5/h5,7H,1-3H2. The second-order valence-corrected chi connectivity index (χ2v) is 2.82. The summed E-state index contributed by atoms with van der Waals surface area (Å²) < 4.78 is 1.13. The normalized spacial score (nSPS) is 21.3. The topological polar surface area (TPSA) is 12.0 Å². The van der Waals surface area contributed by atoms with Crippen LogP contribution in [0.2, 0.25) is 0 Å². The van der Waals surface area contributed by atoms with E-state index < -0.39 is 0 Å². The first-order valence-electron chi connectivity index (χ1n) is 2.35. The summed E-state index contributed by atoms with van der Waals surface area (Å²) in [6, 6.07) is 0. The third-order valence-corrected chi connectivity index (χ3v) is 1.87. The first kappa shape index (κ1) is 5.32. The fourth-order valence-electron chi connectivity index (χ4n) is 0.510. The second-order valence-electron chi connectivity index (χ2n) is 1.80. The lowest BCUT2D eigenvalue weighted by Gasteiger charge is -2.25. The molecule has 2 heteroatoms. The summed E-state index contributed by atoms with van der Waals surface area (Å²) in [7, 11) is 0. The van der Waals surface area contributed by atoms with E-state index in [1.165, 1.54) is 0 Å². The highest BCUT2D eigenvalue weighted by atomic mass is 79.9. The van der Waals surface area contributed by atoms with E-state index in [1.54, 1.807) is 0 Å². The molecule has 1 heterocycles. The van der Waals surface area contributed by atoms with Crippen LogP contribution in [0.15, 0.2) is 11.1 Å². The van der Waals surface area contributed by atoms with Gasteiger partial charge < -0.3 is 5.32 Å². The summed E-state index contributed by atoms with van der Waals surface area (Å²) in [5.74, 6) is 0.694. The summed E-state index contributed by atoms with van der Waals surface area (Å²) in [4.78, 5) is 0. The van der Waals surface area contributed by atoms with Crippen LogP contribution in [-0.2, 0) is 0 Å². The van der Waals surface area contributed by atoms with Crippen molar-refractivity contribution in [2.45, 2.75) is 0 Å². The molecule has 0 aromatic carbocycles. The van der Waals surface area contributed by atoms with Crippen molar-refractivity contribution in [2.24, 2.45) is 5.92 Å². The van der Waals surface area contributed by atoms with E-state index in [2.05, 4.69) is 27.8 Å². The van der Waals surface area contributed by atoms with E-state index in [-0.39, 0.29) is 0 Å². The summed E-state index contributed by atoms with van der Waals surface area (Å²) in [6.07, 6.45) is 0. The van der Waals surface area contributed by atoms with Gasteiger partial charge in [0.15, 0.2) is 0 Å². The molecule has 0 aromatic rings. The molecular weight excluding hydrogens is 154 g/mol. The number of nitrogens with one attached hydrogen (secondary N) is 1. The Hall–Kier alpha value is 0.180. The van der Waals surface area contributed by atoms with E-state index >= 15 is 0 Å². The highest BCUT2D eigenvalue weighted by Crippen LogP contribution is 2.18. The van der Waals surface area contributed by atoms with E-state index in [4.69, 9.17) is 0 Å². The largest absolute Gasteiger partial charge is 0.315 e. The van der Waals surface area contributed by atoms with E-state index in [0.29, 0.717) is 5.92 Å². The van der Waals surface area contributed by atoms with Crippen LogP contribution in [0.3, 0.4) is 0 Å². The Kier molecular flexibility index (Phi) is 1.50. The second kappa shape index (κ2) is 1.97. The van der Waals surface area contributed by atoms with Gasteiger partial charge >= 0.3 is 0 Å². The molecule has 0 bridgehead atoms. The molecule has 0 unspecified atom stereocenters. The van der Waals surface area contributed by atoms with Crippen LogP contribution in [0.25, 0.3) is 0 Å². The fraction of sp³-hybridized carbons (Fsp3) is 0.600. The quantitative estimate of drug-likeness (QED) is 0.609. The zero-order chi connectivity index (χ0) is 5.28. The van der Waals surface area contributed by atoms with Gasteiger partial charge in [0.2, 0.25) is 0 Å². The van der Waals surface area contributed by atoms with Gasteiger partial charge in [-0.15, -0.1) is 0 Å². The molecule has 1 aliphatic rings. The SMILES string of the molecule is C=C(Br)C1CNC1. The lowest BCUT2D eigenvalue weighted by atomic mass is 10.0. The molecule has 1 saturated heterocycles. The Morgan fingerprint density at radius 3 is 2.29 bits per heavy atom. The van der Waals surface area contributed by atoms with Crippen molar-refractivity contribution < 1.29 is 0 Å². The summed E-state index contributed by atoms with van der Waals surface area (Å²) in [5, 5.41) is 3.15. The van der Waals surface area contributed by atoms with Gasteiger partial charge in [0.05, 0.1) is 0 Å². The van der Waals surface area contributed by atoms with E-state index in [1.807, 2.05) is 0 Å². The van der Waals surface area contributed by atoms with Crippen LogP contribution in [0.5, 0.6) is 0 Å². The summed E-state index contributed by atoms with van der Waals surface area (Å²) >= 11 is 3.32. The Balaban J connectivity index is 2.27. The Bertz CT molecular complexity index is 86.1.